The van der Waals surface area contributed by atoms with Crippen LogP contribution in [-0.4, -0.2) is 34.9 Å². The summed E-state index contributed by atoms with van der Waals surface area (Å²) in [7, 11) is 0. The van der Waals surface area contributed by atoms with E-state index in [1.807, 2.05) is 0 Å². The lowest BCUT2D eigenvalue weighted by atomic mass is 10.2. The Kier molecular flexibility index (Phi) is 4.94. The molecule has 1 rings (SSSR count). The molecule has 2 amide bonds. The number of carbonyl (C=O) groups is 2. The number of phenols is 1. The van der Waals surface area contributed by atoms with Crippen molar-refractivity contribution in [3.63, 3.8) is 0 Å². The molecular weight excluding hydrogens is 258 g/mol. The van der Waals surface area contributed by atoms with E-state index < -0.39 is 11.8 Å². The van der Waals surface area contributed by atoms with Crippen LogP contribution in [0.1, 0.15) is 5.56 Å². The largest absolute Gasteiger partial charge is 0.506 e. The molecule has 0 radical (unpaired) electrons. The molecule has 6 nitrogen and oxygen atoms in total. The Balaban J connectivity index is 2.84. The average Bonchev–Trinajstić information content (AvgIpc) is 2.23. The molecule has 0 saturated heterocycles. The van der Waals surface area contributed by atoms with Gasteiger partial charge in [0.25, 0.3) is 0 Å². The zero-order valence-corrected chi connectivity index (χ0v) is 10.4. The molecule has 0 aliphatic heterocycles. The minimum absolute atomic E-state index is 0.0851. The number of para-hydroxylation sites is 1. The van der Waals surface area contributed by atoms with Crippen molar-refractivity contribution in [3.8, 4) is 5.75 Å². The molecule has 98 valence electrons. The third-order valence-electron chi connectivity index (χ3n) is 2.22. The molecule has 0 fully saturated rings. The smallest absolute Gasteiger partial charge is 0.231 e. The van der Waals surface area contributed by atoms with Gasteiger partial charge in [-0.2, -0.15) is 0 Å². The van der Waals surface area contributed by atoms with Gasteiger partial charge in [0.1, 0.15) is 5.75 Å². The van der Waals surface area contributed by atoms with Crippen molar-refractivity contribution in [2.24, 2.45) is 11.5 Å². The quantitative estimate of drug-likeness (QED) is 0.666. The zero-order chi connectivity index (χ0) is 13.7. The number of hydrogen-bond donors (Lipinski definition) is 3. The fraction of sp³-hybridized carbons (Fsp3) is 0.273. The summed E-state index contributed by atoms with van der Waals surface area (Å²) in [6.07, 6.45) is 0. The first kappa shape index (κ1) is 14.3. The molecule has 0 saturated carbocycles. The summed E-state index contributed by atoms with van der Waals surface area (Å²) in [6, 6.07) is 4.83. The molecule has 0 atom stereocenters. The fourth-order valence-corrected chi connectivity index (χ4v) is 1.73. The number of benzene rings is 1. The van der Waals surface area contributed by atoms with E-state index in [1.54, 1.807) is 12.1 Å². The summed E-state index contributed by atoms with van der Waals surface area (Å²) in [5, 5.41) is 9.92. The lowest BCUT2D eigenvalue weighted by molar-refractivity contribution is -0.122. The predicted molar refractivity (Wildman–Crippen MR) is 66.8 cm³/mol. The minimum Gasteiger partial charge on any atom is -0.506 e. The van der Waals surface area contributed by atoms with Crippen LogP contribution in [0.2, 0.25) is 5.02 Å². The number of hydrogen-bond acceptors (Lipinski definition) is 4. The van der Waals surface area contributed by atoms with E-state index in [0.717, 1.165) is 0 Å². The first-order chi connectivity index (χ1) is 8.40. The SMILES string of the molecule is NC(=O)CN(CC(N)=O)Cc1cccc(Cl)c1O. The number of carbonyl (C=O) groups excluding carboxylic acids is 2. The summed E-state index contributed by atoms with van der Waals surface area (Å²) >= 11 is 5.76. The van der Waals surface area contributed by atoms with E-state index in [0.29, 0.717) is 5.56 Å². The molecule has 0 spiro atoms. The lowest BCUT2D eigenvalue weighted by Crippen LogP contribution is -2.39. The van der Waals surface area contributed by atoms with Gasteiger partial charge in [-0.1, -0.05) is 23.7 Å². The molecule has 0 aromatic heterocycles. The first-order valence-corrected chi connectivity index (χ1v) is 5.53. The van der Waals surface area contributed by atoms with Crippen molar-refractivity contribution in [1.82, 2.24) is 4.90 Å². The molecule has 18 heavy (non-hydrogen) atoms. The van der Waals surface area contributed by atoms with Gasteiger partial charge < -0.3 is 16.6 Å². The Morgan fingerprint density at radius 3 is 2.28 bits per heavy atom. The Hall–Kier alpha value is -1.79. The molecule has 0 heterocycles. The third-order valence-corrected chi connectivity index (χ3v) is 2.53. The predicted octanol–water partition coefficient (Wildman–Crippen LogP) is -0.182. The molecule has 1 aromatic rings. The highest BCUT2D eigenvalue weighted by Crippen LogP contribution is 2.27. The number of primary amides is 2. The van der Waals surface area contributed by atoms with Gasteiger partial charge in [0, 0.05) is 12.1 Å². The zero-order valence-electron chi connectivity index (χ0n) is 9.60. The lowest BCUT2D eigenvalue weighted by Gasteiger charge is -2.19. The fourth-order valence-electron chi connectivity index (χ4n) is 1.54. The van der Waals surface area contributed by atoms with Crippen LogP contribution >= 0.6 is 11.6 Å². The molecular formula is C11H14ClN3O3. The second-order valence-corrected chi connectivity index (χ2v) is 4.23. The van der Waals surface area contributed by atoms with E-state index in [-0.39, 0.29) is 30.4 Å². The first-order valence-electron chi connectivity index (χ1n) is 5.15. The Bertz CT molecular complexity index is 449. The molecule has 7 heteroatoms. The molecule has 0 unspecified atom stereocenters. The second-order valence-electron chi connectivity index (χ2n) is 3.83. The maximum absolute atomic E-state index is 10.9. The van der Waals surface area contributed by atoms with Crippen LogP contribution in [-0.2, 0) is 16.1 Å². The molecule has 5 N–H and O–H groups in total. The number of nitrogens with zero attached hydrogens (tertiary/aromatic N) is 1. The summed E-state index contributed by atoms with van der Waals surface area (Å²) in [4.78, 5) is 23.2. The maximum Gasteiger partial charge on any atom is 0.231 e. The second kappa shape index (κ2) is 6.23. The summed E-state index contributed by atoms with van der Waals surface area (Å²) in [5.74, 6) is -1.26. The van der Waals surface area contributed by atoms with Crippen molar-refractivity contribution < 1.29 is 14.7 Å². The highest BCUT2D eigenvalue weighted by Gasteiger charge is 2.14. The van der Waals surface area contributed by atoms with E-state index in [1.165, 1.54) is 11.0 Å². The van der Waals surface area contributed by atoms with Gasteiger partial charge in [-0.15, -0.1) is 0 Å². The third kappa shape index (κ3) is 4.23. The molecule has 0 aliphatic rings. The van der Waals surface area contributed by atoms with Crippen LogP contribution in [0.5, 0.6) is 5.75 Å². The van der Waals surface area contributed by atoms with Crippen LogP contribution < -0.4 is 11.5 Å². The van der Waals surface area contributed by atoms with Crippen molar-refractivity contribution in [1.29, 1.82) is 0 Å². The highest BCUT2D eigenvalue weighted by atomic mass is 35.5. The number of phenolic OH excluding ortho intramolecular Hbond substituents is 1. The standard InChI is InChI=1S/C11H14ClN3O3/c12-8-3-1-2-7(11(8)18)4-15(5-9(13)16)6-10(14)17/h1-3,18H,4-6H2,(H2,13,16)(H2,14,17). The topological polar surface area (TPSA) is 110 Å². The summed E-state index contributed by atoms with van der Waals surface area (Å²) in [5.41, 5.74) is 10.6. The maximum atomic E-state index is 10.9. The van der Waals surface area contributed by atoms with Gasteiger partial charge in [0.05, 0.1) is 18.1 Å². The van der Waals surface area contributed by atoms with Gasteiger partial charge in [-0.3, -0.25) is 14.5 Å². The number of rotatable bonds is 6. The van der Waals surface area contributed by atoms with Gasteiger partial charge in [-0.05, 0) is 6.07 Å². The minimum atomic E-state index is -0.585. The van der Waals surface area contributed by atoms with Gasteiger partial charge >= 0.3 is 0 Å². The van der Waals surface area contributed by atoms with Crippen LogP contribution in [0.25, 0.3) is 0 Å². The number of amides is 2. The number of nitrogens with two attached hydrogens (primary N) is 2. The van der Waals surface area contributed by atoms with Crippen LogP contribution in [0.4, 0.5) is 0 Å². The molecule has 1 aromatic carbocycles. The normalized spacial score (nSPS) is 10.6. The number of aromatic hydroxyl groups is 1. The van der Waals surface area contributed by atoms with Crippen LogP contribution in [0, 0.1) is 0 Å². The van der Waals surface area contributed by atoms with Gasteiger partial charge in [0.15, 0.2) is 0 Å². The van der Waals surface area contributed by atoms with E-state index in [4.69, 9.17) is 23.1 Å². The molecule has 0 aliphatic carbocycles. The Morgan fingerprint density at radius 2 is 1.78 bits per heavy atom. The Labute approximate surface area is 109 Å². The van der Waals surface area contributed by atoms with E-state index >= 15 is 0 Å². The van der Waals surface area contributed by atoms with Crippen molar-refractivity contribution in [2.45, 2.75) is 6.54 Å². The highest BCUT2D eigenvalue weighted by molar-refractivity contribution is 6.32. The summed E-state index contributed by atoms with van der Waals surface area (Å²) in [6.45, 7) is -0.109. The van der Waals surface area contributed by atoms with Crippen molar-refractivity contribution >= 4 is 23.4 Å². The average molecular weight is 272 g/mol. The monoisotopic (exact) mass is 271 g/mol. The molecule has 0 bridgehead atoms. The number of halogens is 1. The van der Waals surface area contributed by atoms with E-state index in [2.05, 4.69) is 0 Å². The van der Waals surface area contributed by atoms with E-state index in [9.17, 15) is 14.7 Å². The van der Waals surface area contributed by atoms with Crippen molar-refractivity contribution in [2.75, 3.05) is 13.1 Å². The summed E-state index contributed by atoms with van der Waals surface area (Å²) < 4.78 is 0. The van der Waals surface area contributed by atoms with Crippen molar-refractivity contribution in [3.05, 3.63) is 28.8 Å². The van der Waals surface area contributed by atoms with Gasteiger partial charge in [0.2, 0.25) is 11.8 Å². The van der Waals surface area contributed by atoms with Crippen LogP contribution in [0.15, 0.2) is 18.2 Å². The Morgan fingerprint density at radius 1 is 1.22 bits per heavy atom. The van der Waals surface area contributed by atoms with Crippen LogP contribution in [0.3, 0.4) is 0 Å². The van der Waals surface area contributed by atoms with Gasteiger partial charge in [-0.25, -0.2) is 0 Å².